The second-order valence-electron chi connectivity index (χ2n) is 12.8. The van der Waals surface area contributed by atoms with E-state index >= 15 is 0 Å². The molecule has 6 heteroatoms. The molecule has 0 atom stereocenters. The Morgan fingerprint density at radius 1 is 0.421 bits per heavy atom. The fourth-order valence-corrected chi connectivity index (χ4v) is 7.45. The molecule has 8 aromatic carbocycles. The summed E-state index contributed by atoms with van der Waals surface area (Å²) in [7, 11) is 0. The molecular weight excluding hydrogens is 699 g/mol. The van der Waals surface area contributed by atoms with E-state index in [0.29, 0.717) is 32.6 Å². The van der Waals surface area contributed by atoms with Crippen LogP contribution >= 0.6 is 0 Å². The zero-order valence-electron chi connectivity index (χ0n) is 49.9. The molecule has 0 saturated heterocycles. The molecule has 266 valence electrons. The highest BCUT2D eigenvalue weighted by atomic mass is 16.3. The normalized spacial score (nSPS) is 17.0. The Kier molecular flexibility index (Phi) is 3.75. The van der Waals surface area contributed by atoms with Crippen molar-refractivity contribution in [2.45, 2.75) is 0 Å². The van der Waals surface area contributed by atoms with E-state index in [1.165, 1.54) is 4.57 Å². The first-order chi connectivity index (χ1) is 37.0. The van der Waals surface area contributed by atoms with Gasteiger partial charge >= 0.3 is 0 Å². The van der Waals surface area contributed by atoms with Crippen molar-refractivity contribution in [3.63, 3.8) is 0 Å². The molecule has 12 rings (SSSR count). The van der Waals surface area contributed by atoms with Crippen LogP contribution in [0.4, 0.5) is 0 Å². The number of furan rings is 1. The van der Waals surface area contributed by atoms with Gasteiger partial charge in [0.15, 0.2) is 11.6 Å². The third kappa shape index (κ3) is 4.81. The summed E-state index contributed by atoms with van der Waals surface area (Å²) in [6.45, 7) is 0. The maximum atomic E-state index is 9.76. The zero-order chi connectivity index (χ0) is 55.7. The number of hydrogen-bond acceptors (Lipinski definition) is 4. The van der Waals surface area contributed by atoms with Gasteiger partial charge in [0.25, 0.3) is 0 Å². The third-order valence-electron chi connectivity index (χ3n) is 9.77. The predicted molar refractivity (Wildman–Crippen MR) is 232 cm³/mol. The standard InChI is InChI=1S/C51H31N5O/c1-4-15-32(16-5-1)35-27-28-40-45(31-35)57-44-26-14-25-43(46(40)44)55-41-23-12-10-21-36(41)38-29-30-39-37-22-11-13-24-42(37)56(48(39)47(38)55)51-53-49(33-17-6-2-7-18-33)52-50(54-51)34-19-8-3-9-20-34/h1-31H/i1D,2D,3D,4D,5D,6D,7D,8D,9D,14D,15D,16D,17D,18D,19D,20D,25D,26D,27D,28D,31D. The van der Waals surface area contributed by atoms with Crippen molar-refractivity contribution in [1.82, 2.24) is 24.1 Å². The van der Waals surface area contributed by atoms with E-state index in [9.17, 15) is 8.22 Å². The first-order valence-corrected chi connectivity index (χ1v) is 17.4. The summed E-state index contributed by atoms with van der Waals surface area (Å²) in [6, 6.07) is 2.52. The van der Waals surface area contributed by atoms with Gasteiger partial charge in [-0.15, -0.1) is 0 Å². The topological polar surface area (TPSA) is 61.7 Å². The Morgan fingerprint density at radius 3 is 1.61 bits per heavy atom. The minimum atomic E-state index is -0.752. The second kappa shape index (κ2) is 12.3. The van der Waals surface area contributed by atoms with E-state index in [1.807, 2.05) is 0 Å². The molecule has 4 heterocycles. The van der Waals surface area contributed by atoms with Gasteiger partial charge in [0, 0.05) is 38.1 Å². The van der Waals surface area contributed by atoms with Gasteiger partial charge in [-0.2, -0.15) is 9.97 Å². The molecule has 0 unspecified atom stereocenters. The molecular formula is C51H31N5O. The largest absolute Gasteiger partial charge is 0.456 e. The quantitative estimate of drug-likeness (QED) is 0.176. The summed E-state index contributed by atoms with van der Waals surface area (Å²) < 4.78 is 195. The van der Waals surface area contributed by atoms with Crippen LogP contribution in [0.15, 0.2) is 192 Å². The van der Waals surface area contributed by atoms with E-state index in [2.05, 4.69) is 4.98 Å². The smallest absolute Gasteiger partial charge is 0.238 e. The van der Waals surface area contributed by atoms with Crippen LogP contribution < -0.4 is 0 Å². The fourth-order valence-electron chi connectivity index (χ4n) is 7.45. The molecule has 0 N–H and O–H groups in total. The minimum Gasteiger partial charge on any atom is -0.456 e. The summed E-state index contributed by atoms with van der Waals surface area (Å²) in [4.78, 5) is 14.1. The Morgan fingerprint density at radius 2 is 0.982 bits per heavy atom. The average molecular weight is 751 g/mol. The van der Waals surface area contributed by atoms with Crippen LogP contribution in [-0.2, 0) is 0 Å². The van der Waals surface area contributed by atoms with Crippen molar-refractivity contribution in [2.75, 3.05) is 0 Å². The number of hydrogen-bond donors (Lipinski definition) is 0. The lowest BCUT2D eigenvalue weighted by Crippen LogP contribution is -2.07. The molecule has 0 fully saturated rings. The van der Waals surface area contributed by atoms with Crippen LogP contribution in [0.5, 0.6) is 0 Å². The van der Waals surface area contributed by atoms with E-state index in [1.54, 1.807) is 65.2 Å². The lowest BCUT2D eigenvalue weighted by molar-refractivity contribution is 0.669. The van der Waals surface area contributed by atoms with E-state index in [-0.39, 0.29) is 39.0 Å². The summed E-state index contributed by atoms with van der Waals surface area (Å²) in [5, 5.41) is 1.66. The highest BCUT2D eigenvalue weighted by molar-refractivity contribution is 6.24. The summed E-state index contributed by atoms with van der Waals surface area (Å²) in [5.74, 6) is -1.42. The molecule has 0 radical (unpaired) electrons. The fraction of sp³-hybridized carbons (Fsp3) is 0. The van der Waals surface area contributed by atoms with Gasteiger partial charge in [-0.1, -0.05) is 151 Å². The highest BCUT2D eigenvalue weighted by Gasteiger charge is 2.25. The molecule has 0 spiro atoms. The summed E-state index contributed by atoms with van der Waals surface area (Å²) >= 11 is 0. The number of para-hydroxylation sites is 2. The van der Waals surface area contributed by atoms with Crippen LogP contribution in [0, 0.1) is 0 Å². The zero-order valence-corrected chi connectivity index (χ0v) is 28.9. The lowest BCUT2D eigenvalue weighted by atomic mass is 10.0. The highest BCUT2D eigenvalue weighted by Crippen LogP contribution is 2.44. The van der Waals surface area contributed by atoms with Crippen LogP contribution in [0.25, 0.3) is 111 Å². The van der Waals surface area contributed by atoms with Crippen LogP contribution in [0.2, 0.25) is 0 Å². The summed E-state index contributed by atoms with van der Waals surface area (Å²) in [5.41, 5.74) is -1.83. The van der Waals surface area contributed by atoms with Gasteiger partial charge in [-0.3, -0.25) is 4.57 Å². The van der Waals surface area contributed by atoms with Crippen LogP contribution in [-0.4, -0.2) is 24.1 Å². The third-order valence-corrected chi connectivity index (χ3v) is 9.77. The molecule has 6 nitrogen and oxygen atoms in total. The van der Waals surface area contributed by atoms with Gasteiger partial charge in [-0.05, 0) is 47.4 Å². The van der Waals surface area contributed by atoms with Gasteiger partial charge in [0.1, 0.15) is 11.2 Å². The number of nitrogens with zero attached hydrogens (tertiary/aromatic N) is 5. The maximum Gasteiger partial charge on any atom is 0.238 e. The average Bonchev–Trinajstić information content (AvgIpc) is 3.93. The molecule has 0 amide bonds. The van der Waals surface area contributed by atoms with Crippen LogP contribution in [0.3, 0.4) is 0 Å². The number of benzene rings is 8. The molecule has 0 bridgehead atoms. The molecule has 12 aromatic rings. The first-order valence-electron chi connectivity index (χ1n) is 27.9. The van der Waals surface area contributed by atoms with Gasteiger partial charge in [0.2, 0.25) is 5.95 Å². The van der Waals surface area contributed by atoms with Gasteiger partial charge in [0.05, 0.1) is 61.9 Å². The van der Waals surface area contributed by atoms with Crippen molar-refractivity contribution >= 4 is 65.6 Å². The Balaban J connectivity index is 1.28. The SMILES string of the molecule is [2H]c1c([2H])c([2H])c(-c2nc(-c3c([2H])c([2H])c([2H])c([2H])c3[2H])nc(-n3c4ccccc4c4ccc5c6ccccc6n(-c6c([2H])c([2H])c([2H])c7oc8c([2H])c(-c9c([2H])c([2H])c([2H])c([2H])c9[2H])c([2H])c([2H])c8c67)c5c43)n2)c([2H])c1[2H]. The van der Waals surface area contributed by atoms with E-state index in [0.717, 1.165) is 0 Å². The van der Waals surface area contributed by atoms with Crippen molar-refractivity contribution in [3.05, 3.63) is 188 Å². The molecule has 0 aliphatic heterocycles. The lowest BCUT2D eigenvalue weighted by Gasteiger charge is -2.14. The number of aromatic nitrogens is 5. The Labute approximate surface area is 356 Å². The van der Waals surface area contributed by atoms with Crippen LogP contribution in [0.1, 0.15) is 28.8 Å². The minimum absolute atomic E-state index is 0.162. The molecule has 0 aliphatic carbocycles. The first kappa shape index (κ1) is 17.3. The Hall–Kier alpha value is -7.83. The second-order valence-corrected chi connectivity index (χ2v) is 12.8. The summed E-state index contributed by atoms with van der Waals surface area (Å²) in [6.07, 6.45) is 0. The van der Waals surface area contributed by atoms with Crippen molar-refractivity contribution < 1.29 is 33.2 Å². The van der Waals surface area contributed by atoms with E-state index < -0.39 is 166 Å². The molecule has 4 aromatic heterocycles. The number of rotatable bonds is 5. The monoisotopic (exact) mass is 750 g/mol. The molecule has 57 heavy (non-hydrogen) atoms. The molecule has 0 saturated carbocycles. The van der Waals surface area contributed by atoms with Crippen molar-refractivity contribution in [3.8, 4) is 45.5 Å². The van der Waals surface area contributed by atoms with Gasteiger partial charge in [-0.25, -0.2) is 4.98 Å². The predicted octanol–water partition coefficient (Wildman–Crippen LogP) is 13.0. The Bertz CT molecular complexity index is 4600. The van der Waals surface area contributed by atoms with Gasteiger partial charge < -0.3 is 8.98 Å². The van der Waals surface area contributed by atoms with Crippen molar-refractivity contribution in [2.24, 2.45) is 0 Å². The molecule has 0 aliphatic rings. The number of fused-ring (bicyclic) bond motifs is 10. The van der Waals surface area contributed by atoms with Crippen molar-refractivity contribution in [1.29, 1.82) is 0 Å². The maximum absolute atomic E-state index is 9.76. The van der Waals surface area contributed by atoms with E-state index in [4.69, 9.17) is 34.9 Å².